The molecule has 6 nitrogen and oxygen atoms in total. The Bertz CT molecular complexity index is 787. The largest absolute Gasteiger partial charge is 0.304 e. The van der Waals surface area contributed by atoms with Crippen molar-refractivity contribution in [3.05, 3.63) is 53.0 Å². The Labute approximate surface area is 175 Å². The molecule has 28 heavy (non-hydrogen) atoms. The van der Waals surface area contributed by atoms with Crippen LogP contribution in [0, 0.1) is 0 Å². The third-order valence-corrected chi connectivity index (χ3v) is 5.95. The number of allylic oxidation sites excluding steroid dienone is 2. The van der Waals surface area contributed by atoms with Crippen molar-refractivity contribution in [3.8, 4) is 0 Å². The Balaban J connectivity index is 1.49. The third-order valence-electron chi connectivity index (χ3n) is 4.56. The normalized spacial score (nSPS) is 20.5. The number of nitrogens with zero attached hydrogens (tertiary/aromatic N) is 3. The summed E-state index contributed by atoms with van der Waals surface area (Å²) in [6, 6.07) is 9.88. The van der Waals surface area contributed by atoms with Crippen LogP contribution < -0.4 is 5.43 Å². The van der Waals surface area contributed by atoms with E-state index in [0.29, 0.717) is 15.8 Å². The van der Waals surface area contributed by atoms with Gasteiger partial charge >= 0.3 is 0 Å². The minimum Gasteiger partial charge on any atom is -0.304 e. The molecular weight excluding hydrogens is 392 g/mol. The first kappa shape index (κ1) is 20.7. The zero-order chi connectivity index (χ0) is 19.9. The molecule has 1 aromatic rings. The molecule has 2 heterocycles. The summed E-state index contributed by atoms with van der Waals surface area (Å²) in [7, 11) is 2.07. The molecule has 1 N–H and O–H groups in total. The fourth-order valence-electron chi connectivity index (χ4n) is 2.88. The fraction of sp³-hybridized carbons (Fsp3) is 0.350. The average molecular weight is 417 g/mol. The molecular formula is C20H24N4O2S2. The van der Waals surface area contributed by atoms with Crippen molar-refractivity contribution < 1.29 is 9.59 Å². The maximum absolute atomic E-state index is 12.6. The smallest absolute Gasteiger partial charge is 0.266 e. The van der Waals surface area contributed by atoms with Gasteiger partial charge in [0, 0.05) is 39.1 Å². The summed E-state index contributed by atoms with van der Waals surface area (Å²) in [5.41, 5.74) is 3.98. The first-order valence-electron chi connectivity index (χ1n) is 9.23. The summed E-state index contributed by atoms with van der Waals surface area (Å²) in [4.78, 5) is 29.1. The van der Waals surface area contributed by atoms with Crippen molar-refractivity contribution in [2.45, 2.75) is 6.42 Å². The van der Waals surface area contributed by atoms with Crippen molar-refractivity contribution in [1.82, 2.24) is 20.2 Å². The number of carbonyl (C=O) groups is 2. The first-order valence-corrected chi connectivity index (χ1v) is 10.5. The second-order valence-corrected chi connectivity index (χ2v) is 8.38. The lowest BCUT2D eigenvalue weighted by molar-refractivity contribution is -0.127. The molecule has 2 aliphatic heterocycles. The van der Waals surface area contributed by atoms with E-state index in [0.717, 1.165) is 31.7 Å². The van der Waals surface area contributed by atoms with E-state index in [1.54, 1.807) is 6.08 Å². The summed E-state index contributed by atoms with van der Waals surface area (Å²) in [6.07, 6.45) is 5.79. The van der Waals surface area contributed by atoms with Gasteiger partial charge in [-0.15, -0.1) is 0 Å². The number of thiocarbonyl (C=S) groups is 1. The van der Waals surface area contributed by atoms with Gasteiger partial charge in [0.1, 0.15) is 4.32 Å². The predicted molar refractivity (Wildman–Crippen MR) is 117 cm³/mol. The summed E-state index contributed by atoms with van der Waals surface area (Å²) in [6.45, 7) is 3.76. The minimum atomic E-state index is -0.139. The van der Waals surface area contributed by atoms with Gasteiger partial charge in [-0.1, -0.05) is 66.5 Å². The van der Waals surface area contributed by atoms with E-state index in [-0.39, 0.29) is 18.2 Å². The molecule has 2 amide bonds. The van der Waals surface area contributed by atoms with Crippen molar-refractivity contribution in [2.75, 3.05) is 39.8 Å². The molecule has 3 rings (SSSR count). The standard InChI is InChI=1S/C20H24N4O2S2/c1-22-12-14-23(15-13-22)21-18(25)10-11-24-19(26)17(28-20(24)27)9-5-8-16-6-3-2-4-7-16/h2-9H,10-15H2,1H3,(H,21,25)/b8-5+,17-9-. The number of likely N-dealkylation sites (N-methyl/N-ethyl adjacent to an activating group) is 1. The molecule has 0 saturated carbocycles. The van der Waals surface area contributed by atoms with Gasteiger partial charge in [-0.05, 0) is 18.7 Å². The van der Waals surface area contributed by atoms with Crippen LogP contribution in [0.4, 0.5) is 0 Å². The number of nitrogens with one attached hydrogen (secondary N) is 1. The van der Waals surface area contributed by atoms with Gasteiger partial charge in [0.25, 0.3) is 5.91 Å². The van der Waals surface area contributed by atoms with E-state index < -0.39 is 0 Å². The summed E-state index contributed by atoms with van der Waals surface area (Å²) in [5, 5.41) is 1.93. The first-order chi connectivity index (χ1) is 13.5. The van der Waals surface area contributed by atoms with Crippen LogP contribution in [0.15, 0.2) is 47.4 Å². The van der Waals surface area contributed by atoms with Crippen LogP contribution in [0.25, 0.3) is 6.08 Å². The zero-order valence-electron chi connectivity index (χ0n) is 15.8. The molecule has 2 aliphatic rings. The summed E-state index contributed by atoms with van der Waals surface area (Å²) in [5.74, 6) is -0.230. The highest BCUT2D eigenvalue weighted by molar-refractivity contribution is 8.26. The molecule has 0 unspecified atom stereocenters. The van der Waals surface area contributed by atoms with Gasteiger partial charge in [-0.3, -0.25) is 19.9 Å². The Hall–Kier alpha value is -2.00. The van der Waals surface area contributed by atoms with E-state index >= 15 is 0 Å². The number of hydrazine groups is 1. The Morgan fingerprint density at radius 2 is 1.93 bits per heavy atom. The molecule has 2 saturated heterocycles. The molecule has 0 aliphatic carbocycles. The summed E-state index contributed by atoms with van der Waals surface area (Å²) >= 11 is 6.59. The molecule has 2 fully saturated rings. The highest BCUT2D eigenvalue weighted by Gasteiger charge is 2.31. The zero-order valence-corrected chi connectivity index (χ0v) is 17.5. The molecule has 148 valence electrons. The molecule has 0 aromatic heterocycles. The topological polar surface area (TPSA) is 55.9 Å². The predicted octanol–water partition coefficient (Wildman–Crippen LogP) is 2.11. The summed E-state index contributed by atoms with van der Waals surface area (Å²) < 4.78 is 0.497. The van der Waals surface area contributed by atoms with Gasteiger partial charge in [0.15, 0.2) is 0 Å². The monoisotopic (exact) mass is 416 g/mol. The molecule has 0 atom stereocenters. The third kappa shape index (κ3) is 5.75. The number of hydrogen-bond acceptors (Lipinski definition) is 6. The van der Waals surface area contributed by atoms with E-state index in [1.165, 1.54) is 16.7 Å². The fourth-order valence-corrected chi connectivity index (χ4v) is 4.14. The van der Waals surface area contributed by atoms with Gasteiger partial charge < -0.3 is 4.90 Å². The van der Waals surface area contributed by atoms with Crippen LogP contribution in [0.5, 0.6) is 0 Å². The number of rotatable bonds is 6. The Kier molecular flexibility index (Phi) is 7.38. The van der Waals surface area contributed by atoms with Crippen molar-refractivity contribution in [2.24, 2.45) is 0 Å². The highest BCUT2D eigenvalue weighted by Crippen LogP contribution is 2.31. The molecule has 1 aromatic carbocycles. The number of benzene rings is 1. The van der Waals surface area contributed by atoms with Crippen LogP contribution in [0.3, 0.4) is 0 Å². The number of piperazine rings is 1. The maximum atomic E-state index is 12.6. The Morgan fingerprint density at radius 3 is 2.64 bits per heavy atom. The lowest BCUT2D eigenvalue weighted by Crippen LogP contribution is -2.52. The van der Waals surface area contributed by atoms with Gasteiger partial charge in [0.05, 0.1) is 4.91 Å². The van der Waals surface area contributed by atoms with Crippen LogP contribution in [0.2, 0.25) is 0 Å². The second-order valence-electron chi connectivity index (χ2n) is 6.70. The maximum Gasteiger partial charge on any atom is 0.266 e. The van der Waals surface area contributed by atoms with E-state index in [2.05, 4.69) is 17.4 Å². The minimum absolute atomic E-state index is 0.0912. The number of hydrogen-bond donors (Lipinski definition) is 1. The van der Waals surface area contributed by atoms with Crippen LogP contribution in [-0.2, 0) is 9.59 Å². The molecule has 0 spiro atoms. The quantitative estimate of drug-likeness (QED) is 0.566. The number of thioether (sulfide) groups is 1. The Morgan fingerprint density at radius 1 is 1.21 bits per heavy atom. The van der Waals surface area contributed by atoms with Crippen molar-refractivity contribution in [1.29, 1.82) is 0 Å². The highest BCUT2D eigenvalue weighted by atomic mass is 32.2. The molecule has 0 radical (unpaired) electrons. The SMILES string of the molecule is CN1CCN(NC(=O)CCN2C(=O)/C(=C/C=C/c3ccccc3)SC2=S)CC1. The van der Waals surface area contributed by atoms with E-state index in [1.807, 2.05) is 47.5 Å². The van der Waals surface area contributed by atoms with Crippen LogP contribution in [-0.4, -0.2) is 70.7 Å². The van der Waals surface area contributed by atoms with E-state index in [9.17, 15) is 9.59 Å². The number of amides is 2. The number of carbonyl (C=O) groups excluding carboxylic acids is 2. The van der Waals surface area contributed by atoms with Crippen LogP contribution in [0.1, 0.15) is 12.0 Å². The van der Waals surface area contributed by atoms with Crippen molar-refractivity contribution >= 4 is 46.2 Å². The second kappa shape index (κ2) is 9.97. The lowest BCUT2D eigenvalue weighted by Gasteiger charge is -2.32. The van der Waals surface area contributed by atoms with Crippen LogP contribution >= 0.6 is 24.0 Å². The van der Waals surface area contributed by atoms with Gasteiger partial charge in [-0.25, -0.2) is 5.01 Å². The lowest BCUT2D eigenvalue weighted by atomic mass is 10.2. The average Bonchev–Trinajstić information content (AvgIpc) is 2.96. The van der Waals surface area contributed by atoms with E-state index in [4.69, 9.17) is 12.2 Å². The van der Waals surface area contributed by atoms with Crippen molar-refractivity contribution in [3.63, 3.8) is 0 Å². The van der Waals surface area contributed by atoms with Gasteiger partial charge in [0.2, 0.25) is 5.91 Å². The van der Waals surface area contributed by atoms with Gasteiger partial charge in [-0.2, -0.15) is 0 Å². The molecule has 0 bridgehead atoms. The molecule has 8 heteroatoms.